The average molecular weight is 810 g/mol. The molecule has 2 aliphatic rings. The van der Waals surface area contributed by atoms with Gasteiger partial charge < -0.3 is 28.8 Å². The van der Waals surface area contributed by atoms with Crippen molar-refractivity contribution in [3.8, 4) is 16.9 Å². The average Bonchev–Trinajstić information content (AvgIpc) is 3.94. The van der Waals surface area contributed by atoms with E-state index in [1.807, 2.05) is 62.9 Å². The maximum Gasteiger partial charge on any atom is 0.352 e. The smallest absolute Gasteiger partial charge is 0.352 e. The lowest BCUT2D eigenvalue weighted by Crippen LogP contribution is -2.43. The minimum atomic E-state index is -1.02. The second kappa shape index (κ2) is 15.2. The van der Waals surface area contributed by atoms with Gasteiger partial charge in [0.1, 0.15) is 17.1 Å². The molecule has 0 spiro atoms. The summed E-state index contributed by atoms with van der Waals surface area (Å²) in [5.41, 5.74) is 10.8. The molecule has 8 rings (SSSR count). The van der Waals surface area contributed by atoms with E-state index in [0.717, 1.165) is 98.0 Å². The molecule has 1 N–H and O–H groups in total. The molecule has 3 aromatic carbocycles. The number of fused-ring (bicyclic) bond motifs is 4. The summed E-state index contributed by atoms with van der Waals surface area (Å²) in [5, 5.41) is 18.2. The highest BCUT2D eigenvalue weighted by molar-refractivity contribution is 6.35. The van der Waals surface area contributed by atoms with Gasteiger partial charge in [0.15, 0.2) is 0 Å². The Balaban J connectivity index is 1.26. The first-order valence-corrected chi connectivity index (χ1v) is 20.7. The van der Waals surface area contributed by atoms with Gasteiger partial charge in [-0.2, -0.15) is 5.10 Å². The van der Waals surface area contributed by atoms with E-state index >= 15 is 4.79 Å². The van der Waals surface area contributed by atoms with Crippen LogP contribution in [0.2, 0.25) is 10.0 Å². The molecule has 57 heavy (non-hydrogen) atoms. The predicted octanol–water partition coefficient (Wildman–Crippen LogP) is 9.87. The maximum atomic E-state index is 15.3. The van der Waals surface area contributed by atoms with Crippen molar-refractivity contribution in [3.63, 3.8) is 0 Å². The minimum Gasteiger partial charge on any atom is -0.494 e. The third kappa shape index (κ3) is 6.79. The number of halogens is 2. The number of aryl methyl sites for hydroxylation is 6. The molecule has 1 amide bonds. The van der Waals surface area contributed by atoms with E-state index in [4.69, 9.17) is 33.0 Å². The summed E-state index contributed by atoms with van der Waals surface area (Å²) in [7, 11) is 1.75. The molecule has 0 bridgehead atoms. The Morgan fingerprint density at radius 2 is 1.67 bits per heavy atom. The lowest BCUT2D eigenvalue weighted by molar-refractivity contribution is 0.0687. The number of likely N-dealkylation sites (tertiary alicyclic amines) is 1. The van der Waals surface area contributed by atoms with Gasteiger partial charge in [0.05, 0.1) is 40.6 Å². The molecule has 2 aliphatic heterocycles. The number of benzene rings is 3. The van der Waals surface area contributed by atoms with Gasteiger partial charge >= 0.3 is 5.97 Å². The van der Waals surface area contributed by atoms with Crippen molar-refractivity contribution in [1.82, 2.24) is 23.8 Å². The van der Waals surface area contributed by atoms with E-state index in [1.54, 1.807) is 17.7 Å². The van der Waals surface area contributed by atoms with Crippen molar-refractivity contribution in [1.29, 1.82) is 0 Å². The van der Waals surface area contributed by atoms with Crippen LogP contribution in [0.3, 0.4) is 0 Å². The molecular weight excluding hydrogens is 759 g/mol. The second-order valence-corrected chi connectivity index (χ2v) is 16.8. The van der Waals surface area contributed by atoms with Gasteiger partial charge in [-0.25, -0.2) is 4.79 Å². The number of carbonyl (C=O) groups excluding carboxylic acids is 1. The number of anilines is 1. The molecule has 298 valence electrons. The molecule has 10 nitrogen and oxygen atoms in total. The first-order valence-electron chi connectivity index (χ1n) is 19.9. The van der Waals surface area contributed by atoms with Crippen molar-refractivity contribution in [2.24, 2.45) is 7.05 Å². The normalized spacial score (nSPS) is 16.1. The SMILES string of the molecule is Cc1cc(N2C[C@@H](C)n3c(c(CCCOc4cc(C)c(Cl)c(C)c4)c4ccc(Cl)c(-c5c(C)nn(CCN6CCCC6)c5C)c43)C2=O)c2c(c1)cc(C(=O)O)n2C. The van der Waals surface area contributed by atoms with Crippen molar-refractivity contribution in [3.05, 3.63) is 97.5 Å². The number of carbonyl (C=O) groups is 2. The molecule has 12 heteroatoms. The first kappa shape index (κ1) is 39.1. The molecule has 1 atom stereocenters. The molecule has 1 saturated heterocycles. The fourth-order valence-electron chi connectivity index (χ4n) is 9.36. The van der Waals surface area contributed by atoms with Gasteiger partial charge in [0.25, 0.3) is 5.91 Å². The van der Waals surface area contributed by atoms with Gasteiger partial charge in [0.2, 0.25) is 0 Å². The largest absolute Gasteiger partial charge is 0.494 e. The molecule has 0 aliphatic carbocycles. The Kier molecular flexibility index (Phi) is 10.4. The predicted molar refractivity (Wildman–Crippen MR) is 229 cm³/mol. The summed E-state index contributed by atoms with van der Waals surface area (Å²) >= 11 is 13.7. The Morgan fingerprint density at radius 1 is 0.947 bits per heavy atom. The quantitative estimate of drug-likeness (QED) is 0.131. The lowest BCUT2D eigenvalue weighted by Gasteiger charge is -2.35. The van der Waals surface area contributed by atoms with Gasteiger partial charge in [0, 0.05) is 58.8 Å². The number of aromatic carboxylic acids is 1. The summed E-state index contributed by atoms with van der Waals surface area (Å²) in [6.07, 6.45) is 3.73. The fraction of sp³-hybridized carbons (Fsp3) is 0.400. The Morgan fingerprint density at radius 3 is 2.37 bits per heavy atom. The number of nitrogens with zero attached hydrogens (tertiary/aromatic N) is 6. The number of carboxylic acids is 1. The highest BCUT2D eigenvalue weighted by atomic mass is 35.5. The van der Waals surface area contributed by atoms with Crippen LogP contribution >= 0.6 is 23.2 Å². The van der Waals surface area contributed by atoms with Crippen molar-refractivity contribution < 1.29 is 19.4 Å². The standard InChI is InChI=1S/C45H50Cl2N6O4/c1-25-19-31-23-37(45(55)56)49(7)41(31)36(20-25)51-24-28(4)53-42-34(33(43(53)44(51)54)11-10-18-57-32-21-26(2)40(47)27(3)22-32)12-13-35(46)39(42)38-29(5)48-52(30(38)6)17-16-50-14-8-9-15-50/h12-13,19-23,28H,8-11,14-18,24H2,1-7H3,(H,55,56)/t28-/m1/s1. The molecule has 0 saturated carbocycles. The topological polar surface area (TPSA) is 97.8 Å². The van der Waals surface area contributed by atoms with Crippen LogP contribution in [0.1, 0.15) is 86.8 Å². The summed E-state index contributed by atoms with van der Waals surface area (Å²) in [5.74, 6) is -0.382. The third-order valence-corrected chi connectivity index (χ3v) is 12.9. The Hall–Kier alpha value is -4.77. The number of hydrogen-bond donors (Lipinski definition) is 1. The number of amides is 1. The number of carboxylic acid groups (broad SMARTS) is 1. The number of aromatic nitrogens is 4. The monoisotopic (exact) mass is 808 g/mol. The van der Waals surface area contributed by atoms with Crippen LogP contribution in [0.25, 0.3) is 32.9 Å². The fourth-order valence-corrected chi connectivity index (χ4v) is 9.71. The zero-order valence-electron chi connectivity index (χ0n) is 33.8. The zero-order chi connectivity index (χ0) is 40.4. The summed E-state index contributed by atoms with van der Waals surface area (Å²) in [6, 6.07) is 13.4. The second-order valence-electron chi connectivity index (χ2n) is 16.0. The van der Waals surface area contributed by atoms with Gasteiger partial charge in [-0.15, -0.1) is 0 Å². The van der Waals surface area contributed by atoms with Crippen LogP contribution in [-0.2, 0) is 20.0 Å². The molecule has 0 unspecified atom stereocenters. The van der Waals surface area contributed by atoms with Crippen LogP contribution in [0.5, 0.6) is 5.75 Å². The van der Waals surface area contributed by atoms with Crippen LogP contribution in [0.15, 0.2) is 42.5 Å². The highest BCUT2D eigenvalue weighted by Gasteiger charge is 2.38. The molecule has 6 aromatic rings. The summed E-state index contributed by atoms with van der Waals surface area (Å²) in [4.78, 5) is 31.9. The van der Waals surface area contributed by atoms with Crippen molar-refractivity contribution >= 4 is 62.6 Å². The molecule has 1 fully saturated rings. The van der Waals surface area contributed by atoms with Gasteiger partial charge in [-0.3, -0.25) is 9.48 Å². The van der Waals surface area contributed by atoms with Crippen LogP contribution in [0, 0.1) is 34.6 Å². The summed E-state index contributed by atoms with van der Waals surface area (Å²) < 4.78 is 12.3. The van der Waals surface area contributed by atoms with E-state index < -0.39 is 5.97 Å². The zero-order valence-corrected chi connectivity index (χ0v) is 35.3. The van der Waals surface area contributed by atoms with Crippen LogP contribution < -0.4 is 9.64 Å². The van der Waals surface area contributed by atoms with E-state index in [0.29, 0.717) is 47.9 Å². The van der Waals surface area contributed by atoms with E-state index in [9.17, 15) is 9.90 Å². The first-order chi connectivity index (χ1) is 27.2. The number of hydrogen-bond acceptors (Lipinski definition) is 5. The van der Waals surface area contributed by atoms with Gasteiger partial charge in [-0.1, -0.05) is 29.3 Å². The van der Waals surface area contributed by atoms with E-state index in [1.165, 1.54) is 12.8 Å². The third-order valence-electron chi connectivity index (χ3n) is 12.0. The highest BCUT2D eigenvalue weighted by Crippen LogP contribution is 2.46. The Labute approximate surface area is 343 Å². The molecule has 3 aromatic heterocycles. The molecule has 5 heterocycles. The van der Waals surface area contributed by atoms with E-state index in [2.05, 4.69) is 34.1 Å². The number of ether oxygens (including phenoxy) is 1. The van der Waals surface area contributed by atoms with Crippen LogP contribution in [0.4, 0.5) is 5.69 Å². The number of rotatable bonds is 11. The van der Waals surface area contributed by atoms with E-state index in [-0.39, 0.29) is 17.6 Å². The van der Waals surface area contributed by atoms with Crippen molar-refractivity contribution in [2.75, 3.05) is 37.7 Å². The maximum absolute atomic E-state index is 15.3. The minimum absolute atomic E-state index is 0.133. The van der Waals surface area contributed by atoms with Gasteiger partial charge in [-0.05, 0) is 139 Å². The Bertz CT molecular complexity index is 2570. The lowest BCUT2D eigenvalue weighted by atomic mass is 9.98. The summed E-state index contributed by atoms with van der Waals surface area (Å²) in [6.45, 7) is 17.1. The molecular formula is C45H50Cl2N6O4. The van der Waals surface area contributed by atoms with Crippen molar-refractivity contribution in [2.45, 2.75) is 79.8 Å². The molecule has 0 radical (unpaired) electrons. The van der Waals surface area contributed by atoms with Crippen LogP contribution in [-0.4, -0.2) is 73.6 Å².